The zero-order valence-corrected chi connectivity index (χ0v) is 31.4. The summed E-state index contributed by atoms with van der Waals surface area (Å²) < 4.78 is 61.4. The molecule has 0 spiro atoms. The van der Waals surface area contributed by atoms with Crippen LogP contribution >= 0.6 is 11.8 Å². The second kappa shape index (κ2) is 19.0. The zero-order chi connectivity index (χ0) is 38.7. The van der Waals surface area contributed by atoms with E-state index in [1.165, 1.54) is 36.0 Å². The molecule has 0 radical (unpaired) electrons. The number of methoxy groups -OCH3 is 1. The second-order valence-corrected chi connectivity index (χ2v) is 13.7. The van der Waals surface area contributed by atoms with Gasteiger partial charge in [0.15, 0.2) is 5.16 Å². The van der Waals surface area contributed by atoms with Crippen LogP contribution in [-0.2, 0) is 47.5 Å². The SMILES string of the molecule is CCN(CC)CCN(Cc1ccc(-c2ccc(C(F)(F)F)cc2)cc1)C(=O)Cn1cc(Cc2cnn(CCOC)c2)c(=O)nc1SCc1ccc(F)cc1. The molecule has 0 aliphatic carbocycles. The second-order valence-electron chi connectivity index (χ2n) is 12.8. The van der Waals surface area contributed by atoms with E-state index in [1.54, 1.807) is 45.8 Å². The molecule has 0 saturated heterocycles. The van der Waals surface area contributed by atoms with Gasteiger partial charge >= 0.3 is 6.18 Å². The third-order valence-corrected chi connectivity index (χ3v) is 10.1. The third kappa shape index (κ3) is 11.4. The first kappa shape index (κ1) is 40.4. The van der Waals surface area contributed by atoms with Gasteiger partial charge in [-0.2, -0.15) is 23.3 Å². The van der Waals surface area contributed by atoms with Gasteiger partial charge in [0.05, 0.1) is 24.9 Å². The van der Waals surface area contributed by atoms with Gasteiger partial charge in [-0.3, -0.25) is 14.3 Å². The molecule has 0 bridgehead atoms. The molecule has 0 aliphatic rings. The first-order valence-electron chi connectivity index (χ1n) is 17.7. The molecule has 54 heavy (non-hydrogen) atoms. The topological polar surface area (TPSA) is 85.5 Å². The Morgan fingerprint density at radius 1 is 0.870 bits per heavy atom. The van der Waals surface area contributed by atoms with Crippen molar-refractivity contribution in [3.05, 3.63) is 135 Å². The number of halogens is 4. The number of nitrogens with zero attached hydrogens (tertiary/aromatic N) is 6. The van der Waals surface area contributed by atoms with Crippen molar-refractivity contribution < 1.29 is 27.1 Å². The molecule has 9 nitrogen and oxygen atoms in total. The molecule has 286 valence electrons. The monoisotopic (exact) mass is 764 g/mol. The van der Waals surface area contributed by atoms with E-state index in [-0.39, 0.29) is 24.7 Å². The Morgan fingerprint density at radius 3 is 2.15 bits per heavy atom. The normalized spacial score (nSPS) is 11.7. The number of amides is 1. The lowest BCUT2D eigenvalue weighted by atomic mass is 10.0. The summed E-state index contributed by atoms with van der Waals surface area (Å²) in [5, 5.41) is 4.72. The van der Waals surface area contributed by atoms with Gasteiger partial charge < -0.3 is 19.1 Å². The molecule has 0 fully saturated rings. The van der Waals surface area contributed by atoms with Crippen LogP contribution < -0.4 is 5.56 Å². The number of carbonyl (C=O) groups is 1. The van der Waals surface area contributed by atoms with Crippen LogP contribution in [-0.4, -0.2) is 74.9 Å². The van der Waals surface area contributed by atoms with Crippen molar-refractivity contribution in [2.45, 2.75) is 57.0 Å². The largest absolute Gasteiger partial charge is 0.416 e. The molecule has 0 aliphatic heterocycles. The summed E-state index contributed by atoms with van der Waals surface area (Å²) in [6.07, 6.45) is 1.09. The molecular weight excluding hydrogens is 721 g/mol. The van der Waals surface area contributed by atoms with E-state index < -0.39 is 17.3 Å². The minimum absolute atomic E-state index is 0.0823. The number of carbonyl (C=O) groups excluding carboxylic acids is 1. The van der Waals surface area contributed by atoms with Crippen molar-refractivity contribution in [3.8, 4) is 11.1 Å². The first-order valence-corrected chi connectivity index (χ1v) is 18.7. The van der Waals surface area contributed by atoms with Gasteiger partial charge in [-0.25, -0.2) is 4.39 Å². The molecule has 2 heterocycles. The van der Waals surface area contributed by atoms with Crippen LogP contribution in [0.1, 0.15) is 41.7 Å². The summed E-state index contributed by atoms with van der Waals surface area (Å²) >= 11 is 1.29. The molecule has 2 aromatic heterocycles. The van der Waals surface area contributed by atoms with Crippen LogP contribution in [0.25, 0.3) is 11.1 Å². The van der Waals surface area contributed by atoms with Crippen LogP contribution in [0.15, 0.2) is 101 Å². The van der Waals surface area contributed by atoms with Gasteiger partial charge in [-0.15, -0.1) is 0 Å². The van der Waals surface area contributed by atoms with Crippen LogP contribution in [0.5, 0.6) is 0 Å². The molecule has 5 rings (SSSR count). The molecular formula is C40H44F4N6O3S. The third-order valence-electron chi connectivity index (χ3n) is 9.03. The van der Waals surface area contributed by atoms with Crippen molar-refractivity contribution in [2.75, 3.05) is 39.9 Å². The predicted molar refractivity (Wildman–Crippen MR) is 201 cm³/mol. The fourth-order valence-electron chi connectivity index (χ4n) is 5.84. The number of thioether (sulfide) groups is 1. The highest BCUT2D eigenvalue weighted by Crippen LogP contribution is 2.31. The molecule has 3 aromatic carbocycles. The first-order chi connectivity index (χ1) is 25.9. The number of rotatable bonds is 18. The van der Waals surface area contributed by atoms with Crippen molar-refractivity contribution >= 4 is 17.7 Å². The van der Waals surface area contributed by atoms with E-state index in [2.05, 4.69) is 28.8 Å². The van der Waals surface area contributed by atoms with Gasteiger partial charge in [0.2, 0.25) is 5.91 Å². The molecule has 14 heteroatoms. The number of hydrogen-bond donors (Lipinski definition) is 0. The molecule has 0 saturated carbocycles. The lowest BCUT2D eigenvalue weighted by Gasteiger charge is -2.27. The van der Waals surface area contributed by atoms with Gasteiger partial charge in [0.1, 0.15) is 12.4 Å². The van der Waals surface area contributed by atoms with E-state index in [9.17, 15) is 27.2 Å². The van der Waals surface area contributed by atoms with E-state index >= 15 is 0 Å². The Kier molecular flexibility index (Phi) is 14.2. The van der Waals surface area contributed by atoms with E-state index in [0.29, 0.717) is 54.8 Å². The van der Waals surface area contributed by atoms with E-state index in [1.807, 2.05) is 30.5 Å². The number of ether oxygens (including phenoxy) is 1. The number of likely N-dealkylation sites (N-methyl/N-ethyl adjacent to an activating group) is 1. The highest BCUT2D eigenvalue weighted by molar-refractivity contribution is 7.98. The van der Waals surface area contributed by atoms with Gasteiger partial charge in [-0.1, -0.05) is 74.1 Å². The molecule has 0 atom stereocenters. The minimum atomic E-state index is -4.41. The predicted octanol–water partition coefficient (Wildman–Crippen LogP) is 7.16. The van der Waals surface area contributed by atoms with Crippen LogP contribution in [0.4, 0.5) is 17.6 Å². The van der Waals surface area contributed by atoms with Crippen molar-refractivity contribution in [2.24, 2.45) is 0 Å². The standard InChI is InChI=1S/C40H44F4N6O3S/c1-4-47(5-2)18-19-48(24-29-6-10-32(11-7-29)33-12-14-35(15-13-33)40(42,43)44)37(51)27-49-26-34(22-31-23-45-50(25-31)20-21-53-3)38(52)46-39(49)54-28-30-8-16-36(41)17-9-30/h6-17,23,25-26H,4-5,18-22,24,27-28H2,1-3H3. The average molecular weight is 765 g/mol. The van der Waals surface area contributed by atoms with Gasteiger partial charge in [0.25, 0.3) is 5.56 Å². The van der Waals surface area contributed by atoms with Crippen molar-refractivity contribution in [1.82, 2.24) is 29.1 Å². The van der Waals surface area contributed by atoms with Crippen molar-refractivity contribution in [1.29, 1.82) is 0 Å². The maximum Gasteiger partial charge on any atom is 0.416 e. The fraction of sp³-hybridized carbons (Fsp3) is 0.350. The van der Waals surface area contributed by atoms with Gasteiger partial charge in [-0.05, 0) is 65.2 Å². The number of alkyl halides is 3. The van der Waals surface area contributed by atoms with Crippen LogP contribution in [0, 0.1) is 5.82 Å². The maximum absolute atomic E-state index is 14.2. The Bertz CT molecular complexity index is 2010. The van der Waals surface area contributed by atoms with E-state index in [4.69, 9.17) is 4.74 Å². The van der Waals surface area contributed by atoms with Gasteiger partial charge in [0, 0.05) is 56.9 Å². The molecule has 1 amide bonds. The Balaban J connectivity index is 1.40. The quantitative estimate of drug-likeness (QED) is 0.0532. The van der Waals surface area contributed by atoms with E-state index in [0.717, 1.165) is 47.5 Å². The highest BCUT2D eigenvalue weighted by atomic mass is 32.2. The molecule has 0 N–H and O–H groups in total. The summed E-state index contributed by atoms with van der Waals surface area (Å²) in [4.78, 5) is 36.0. The average Bonchev–Trinajstić information content (AvgIpc) is 3.62. The summed E-state index contributed by atoms with van der Waals surface area (Å²) in [6, 6.07) is 18.5. The highest BCUT2D eigenvalue weighted by Gasteiger charge is 2.30. The Labute approximate surface area is 316 Å². The Morgan fingerprint density at radius 2 is 1.52 bits per heavy atom. The molecule has 5 aromatic rings. The maximum atomic E-state index is 14.2. The number of benzene rings is 3. The zero-order valence-electron chi connectivity index (χ0n) is 30.6. The lowest BCUT2D eigenvalue weighted by Crippen LogP contribution is -2.40. The lowest BCUT2D eigenvalue weighted by molar-refractivity contribution is -0.137. The molecule has 0 unspecified atom stereocenters. The minimum Gasteiger partial charge on any atom is -0.383 e. The fourth-order valence-corrected chi connectivity index (χ4v) is 6.76. The van der Waals surface area contributed by atoms with Crippen molar-refractivity contribution in [3.63, 3.8) is 0 Å². The summed E-state index contributed by atoms with van der Waals surface area (Å²) in [7, 11) is 1.61. The van der Waals surface area contributed by atoms with Crippen LogP contribution in [0.2, 0.25) is 0 Å². The van der Waals surface area contributed by atoms with Crippen LogP contribution in [0.3, 0.4) is 0 Å². The smallest absolute Gasteiger partial charge is 0.383 e. The summed E-state index contributed by atoms with van der Waals surface area (Å²) in [5.41, 5.74) is 3.21. The summed E-state index contributed by atoms with van der Waals surface area (Å²) in [6.45, 7) is 8.13. The Hall–Kier alpha value is -4.79. The number of aromatic nitrogens is 4. The number of hydrogen-bond acceptors (Lipinski definition) is 7. The summed E-state index contributed by atoms with van der Waals surface area (Å²) in [5.74, 6) is -0.122.